The van der Waals surface area contributed by atoms with Gasteiger partial charge in [-0.3, -0.25) is 10.4 Å². The molecular formula is C11H26N4. The first-order chi connectivity index (χ1) is 7.11. The summed E-state index contributed by atoms with van der Waals surface area (Å²) < 4.78 is 0. The van der Waals surface area contributed by atoms with Crippen molar-refractivity contribution in [3.05, 3.63) is 0 Å². The second kappa shape index (κ2) is 8.53. The molecule has 0 unspecified atom stereocenters. The quantitative estimate of drug-likeness (QED) is 0.232. The third-order valence-electron chi connectivity index (χ3n) is 2.19. The van der Waals surface area contributed by atoms with Gasteiger partial charge in [-0.15, -0.1) is 0 Å². The Labute approximate surface area is 93.9 Å². The van der Waals surface area contributed by atoms with Crippen molar-refractivity contribution in [1.82, 2.24) is 10.3 Å². The van der Waals surface area contributed by atoms with Crippen molar-refractivity contribution in [2.75, 3.05) is 20.1 Å². The van der Waals surface area contributed by atoms with Gasteiger partial charge in [0.05, 0.1) is 0 Å². The Morgan fingerprint density at radius 2 is 2.07 bits per heavy atom. The lowest BCUT2D eigenvalue weighted by Crippen LogP contribution is -2.43. The number of hydrazine groups is 1. The molecule has 3 N–H and O–H groups in total. The average molecular weight is 214 g/mol. The summed E-state index contributed by atoms with van der Waals surface area (Å²) in [5.41, 5.74) is 2.66. The lowest BCUT2D eigenvalue weighted by molar-refractivity contribution is 0.455. The number of nitrogens with zero attached hydrogens (tertiary/aromatic N) is 2. The monoisotopic (exact) mass is 214 g/mol. The fourth-order valence-corrected chi connectivity index (χ4v) is 1.25. The van der Waals surface area contributed by atoms with E-state index < -0.39 is 0 Å². The minimum Gasteiger partial charge on any atom is -0.345 e. The number of rotatable bonds is 6. The molecule has 0 aliphatic heterocycles. The minimum atomic E-state index is 0.567. The molecule has 0 aliphatic carbocycles. The van der Waals surface area contributed by atoms with Gasteiger partial charge in [0.25, 0.3) is 0 Å². The van der Waals surface area contributed by atoms with Crippen LogP contribution in [0.4, 0.5) is 0 Å². The van der Waals surface area contributed by atoms with E-state index in [1.165, 1.54) is 19.3 Å². The molecule has 0 aromatic heterocycles. The second-order valence-corrected chi connectivity index (χ2v) is 4.33. The van der Waals surface area contributed by atoms with Crippen LogP contribution in [0.5, 0.6) is 0 Å². The molecule has 0 spiro atoms. The Morgan fingerprint density at radius 3 is 2.53 bits per heavy atom. The number of aliphatic imine (C=N–C) groups is 1. The Balaban J connectivity index is 3.97. The first-order valence-electron chi connectivity index (χ1n) is 5.84. The summed E-state index contributed by atoms with van der Waals surface area (Å²) in [4.78, 5) is 6.51. The van der Waals surface area contributed by atoms with Crippen LogP contribution in [0.3, 0.4) is 0 Å². The maximum absolute atomic E-state index is 5.44. The average Bonchev–Trinajstić information content (AvgIpc) is 2.18. The minimum absolute atomic E-state index is 0.567. The van der Waals surface area contributed by atoms with Gasteiger partial charge in [-0.05, 0) is 12.3 Å². The van der Waals surface area contributed by atoms with E-state index in [-0.39, 0.29) is 0 Å². The lowest BCUT2D eigenvalue weighted by Gasteiger charge is -2.20. The number of nitrogens with two attached hydrogens (primary N) is 1. The Kier molecular flexibility index (Phi) is 8.09. The van der Waals surface area contributed by atoms with Gasteiger partial charge < -0.3 is 4.90 Å². The molecule has 0 amide bonds. The second-order valence-electron chi connectivity index (χ2n) is 4.33. The molecule has 4 nitrogen and oxygen atoms in total. The van der Waals surface area contributed by atoms with Gasteiger partial charge >= 0.3 is 0 Å². The fourth-order valence-electron chi connectivity index (χ4n) is 1.25. The van der Waals surface area contributed by atoms with Crippen molar-refractivity contribution in [2.45, 2.75) is 40.0 Å². The van der Waals surface area contributed by atoms with Crippen molar-refractivity contribution in [3.8, 4) is 0 Å². The highest BCUT2D eigenvalue weighted by molar-refractivity contribution is 5.79. The molecule has 0 bridgehead atoms. The number of nitrogens with one attached hydrogen (secondary N) is 1. The third-order valence-corrected chi connectivity index (χ3v) is 2.19. The summed E-state index contributed by atoms with van der Waals surface area (Å²) in [5.74, 6) is 6.80. The Morgan fingerprint density at radius 1 is 1.40 bits per heavy atom. The zero-order valence-electron chi connectivity index (χ0n) is 10.6. The maximum Gasteiger partial charge on any atom is 0.208 e. The molecule has 0 saturated carbocycles. The summed E-state index contributed by atoms with van der Waals surface area (Å²) in [5, 5.41) is 0. The van der Waals surface area contributed by atoms with E-state index in [1.807, 2.05) is 7.05 Å². The molecule has 90 valence electrons. The highest BCUT2D eigenvalue weighted by Crippen LogP contribution is 1.98. The van der Waals surface area contributed by atoms with E-state index >= 15 is 0 Å². The van der Waals surface area contributed by atoms with Gasteiger partial charge in [-0.25, -0.2) is 5.84 Å². The van der Waals surface area contributed by atoms with Gasteiger partial charge in [0, 0.05) is 20.1 Å². The van der Waals surface area contributed by atoms with E-state index in [0.29, 0.717) is 5.92 Å². The number of hydrogen-bond acceptors (Lipinski definition) is 2. The molecule has 0 radical (unpaired) electrons. The SMILES string of the molecule is CCCCCN(C)C(=NCC(C)C)NN. The highest BCUT2D eigenvalue weighted by Gasteiger charge is 2.03. The van der Waals surface area contributed by atoms with Crippen molar-refractivity contribution < 1.29 is 0 Å². The van der Waals surface area contributed by atoms with E-state index in [9.17, 15) is 0 Å². The number of unbranched alkanes of at least 4 members (excludes halogenated alkanes) is 2. The van der Waals surface area contributed by atoms with Crippen LogP contribution < -0.4 is 11.3 Å². The molecule has 0 heterocycles. The van der Waals surface area contributed by atoms with Crippen LogP contribution in [0.15, 0.2) is 4.99 Å². The van der Waals surface area contributed by atoms with Crippen LogP contribution in [0.2, 0.25) is 0 Å². The zero-order chi connectivity index (χ0) is 11.7. The molecular weight excluding hydrogens is 188 g/mol. The van der Waals surface area contributed by atoms with Crippen molar-refractivity contribution >= 4 is 5.96 Å². The molecule has 0 atom stereocenters. The maximum atomic E-state index is 5.44. The smallest absolute Gasteiger partial charge is 0.208 e. The predicted octanol–water partition coefficient (Wildman–Crippen LogP) is 1.58. The molecule has 0 saturated heterocycles. The largest absolute Gasteiger partial charge is 0.345 e. The van der Waals surface area contributed by atoms with E-state index in [4.69, 9.17) is 5.84 Å². The normalized spacial score (nSPS) is 12.0. The summed E-state index contributed by atoms with van der Waals surface area (Å²) in [6.45, 7) is 8.32. The van der Waals surface area contributed by atoms with Crippen LogP contribution in [0, 0.1) is 5.92 Å². The van der Waals surface area contributed by atoms with E-state index in [0.717, 1.165) is 19.0 Å². The number of hydrogen-bond donors (Lipinski definition) is 2. The molecule has 0 aromatic rings. The highest BCUT2D eigenvalue weighted by atomic mass is 15.4. The molecule has 4 heteroatoms. The first-order valence-corrected chi connectivity index (χ1v) is 5.84. The van der Waals surface area contributed by atoms with Gasteiger partial charge in [0.15, 0.2) is 0 Å². The van der Waals surface area contributed by atoms with Gasteiger partial charge in [-0.2, -0.15) is 0 Å². The van der Waals surface area contributed by atoms with Crippen LogP contribution in [-0.2, 0) is 0 Å². The predicted molar refractivity (Wildman–Crippen MR) is 66.6 cm³/mol. The van der Waals surface area contributed by atoms with Crippen LogP contribution >= 0.6 is 0 Å². The van der Waals surface area contributed by atoms with E-state index in [2.05, 4.69) is 36.1 Å². The summed E-state index contributed by atoms with van der Waals surface area (Å²) in [7, 11) is 2.02. The Hall–Kier alpha value is -0.770. The van der Waals surface area contributed by atoms with Crippen LogP contribution in [-0.4, -0.2) is 31.0 Å². The third kappa shape index (κ3) is 7.19. The van der Waals surface area contributed by atoms with Crippen molar-refractivity contribution in [1.29, 1.82) is 0 Å². The van der Waals surface area contributed by atoms with E-state index in [1.54, 1.807) is 0 Å². The number of guanidine groups is 1. The topological polar surface area (TPSA) is 53.6 Å². The summed E-state index contributed by atoms with van der Waals surface area (Å²) in [6.07, 6.45) is 3.68. The fraction of sp³-hybridized carbons (Fsp3) is 0.909. The van der Waals surface area contributed by atoms with Crippen molar-refractivity contribution in [2.24, 2.45) is 16.8 Å². The zero-order valence-corrected chi connectivity index (χ0v) is 10.6. The summed E-state index contributed by atoms with van der Waals surface area (Å²) >= 11 is 0. The lowest BCUT2D eigenvalue weighted by atomic mass is 10.2. The molecule has 0 aromatic carbocycles. The van der Waals surface area contributed by atoms with Gasteiger partial charge in [-0.1, -0.05) is 33.6 Å². The molecule has 0 fully saturated rings. The van der Waals surface area contributed by atoms with Gasteiger partial charge in [0.1, 0.15) is 0 Å². The van der Waals surface area contributed by atoms with Crippen LogP contribution in [0.25, 0.3) is 0 Å². The molecule has 15 heavy (non-hydrogen) atoms. The standard InChI is InChI=1S/C11H26N4/c1-5-6-7-8-15(4)11(14-12)13-9-10(2)3/h10H,5-9,12H2,1-4H3,(H,13,14). The Bertz CT molecular complexity index is 177. The summed E-state index contributed by atoms with van der Waals surface area (Å²) in [6, 6.07) is 0. The van der Waals surface area contributed by atoms with Crippen molar-refractivity contribution in [3.63, 3.8) is 0 Å². The van der Waals surface area contributed by atoms with Gasteiger partial charge in [0.2, 0.25) is 5.96 Å². The molecule has 0 aliphatic rings. The first kappa shape index (κ1) is 14.2. The van der Waals surface area contributed by atoms with Crippen LogP contribution in [0.1, 0.15) is 40.0 Å². The molecule has 0 rings (SSSR count).